The van der Waals surface area contributed by atoms with Crippen molar-refractivity contribution in [1.29, 1.82) is 0 Å². The lowest BCUT2D eigenvalue weighted by molar-refractivity contribution is 0.660. The molecular weight excluding hydrogens is 639 g/mol. The molecule has 0 spiro atoms. The van der Waals surface area contributed by atoms with Crippen LogP contribution in [-0.4, -0.2) is 0 Å². The zero-order chi connectivity index (χ0) is 35.3. The molecule has 53 heavy (non-hydrogen) atoms. The van der Waals surface area contributed by atoms with Crippen LogP contribution in [-0.2, 0) is 10.8 Å². The number of hydrogen-bond acceptors (Lipinski definition) is 1. The molecule has 0 aliphatic heterocycles. The van der Waals surface area contributed by atoms with E-state index in [0.717, 1.165) is 17.1 Å². The number of allylic oxidation sites excluding steroid dienone is 5. The number of nitrogens with zero attached hydrogens (tertiary/aromatic N) is 1. The molecule has 0 fully saturated rings. The summed E-state index contributed by atoms with van der Waals surface area (Å²) < 4.78 is 0. The molecule has 0 amide bonds. The van der Waals surface area contributed by atoms with Crippen molar-refractivity contribution in [3.63, 3.8) is 0 Å². The van der Waals surface area contributed by atoms with Gasteiger partial charge in [-0.05, 0) is 114 Å². The molecule has 250 valence electrons. The van der Waals surface area contributed by atoms with E-state index in [1.807, 2.05) is 0 Å². The molecule has 1 heteroatoms. The highest BCUT2D eigenvalue weighted by Gasteiger charge is 2.48. The summed E-state index contributed by atoms with van der Waals surface area (Å²) >= 11 is 0. The van der Waals surface area contributed by atoms with Crippen LogP contribution in [0.1, 0.15) is 47.2 Å². The third-order valence-electron chi connectivity index (χ3n) is 12.3. The third-order valence-corrected chi connectivity index (χ3v) is 12.3. The first-order valence-electron chi connectivity index (χ1n) is 18.7. The Kier molecular flexibility index (Phi) is 6.29. The van der Waals surface area contributed by atoms with Gasteiger partial charge < -0.3 is 4.90 Å². The second kappa shape index (κ2) is 11.0. The Morgan fingerprint density at radius 1 is 0.434 bits per heavy atom. The number of fused-ring (bicyclic) bond motifs is 8. The van der Waals surface area contributed by atoms with Gasteiger partial charge in [-0.25, -0.2) is 0 Å². The summed E-state index contributed by atoms with van der Waals surface area (Å²) in [5.74, 6) is 0. The van der Waals surface area contributed by atoms with Crippen LogP contribution in [0.3, 0.4) is 0 Å². The molecule has 1 atom stereocenters. The Morgan fingerprint density at radius 2 is 1.04 bits per heavy atom. The van der Waals surface area contributed by atoms with Crippen LogP contribution < -0.4 is 4.90 Å². The van der Waals surface area contributed by atoms with Gasteiger partial charge >= 0.3 is 0 Å². The molecular formula is C52H37N. The van der Waals surface area contributed by atoms with E-state index in [0.29, 0.717) is 0 Å². The number of anilines is 3. The topological polar surface area (TPSA) is 3.24 Å². The van der Waals surface area contributed by atoms with Crippen LogP contribution in [0.2, 0.25) is 0 Å². The Hall–Kier alpha value is -6.44. The maximum absolute atomic E-state index is 2.43. The minimum Gasteiger partial charge on any atom is -0.310 e. The molecule has 1 unspecified atom stereocenters. The first-order chi connectivity index (χ1) is 26.0. The summed E-state index contributed by atoms with van der Waals surface area (Å²) in [7, 11) is 0. The predicted molar refractivity (Wildman–Crippen MR) is 221 cm³/mol. The Labute approximate surface area is 311 Å². The predicted octanol–water partition coefficient (Wildman–Crippen LogP) is 13.3. The van der Waals surface area contributed by atoms with Gasteiger partial charge in [0, 0.05) is 22.5 Å². The molecule has 7 aromatic carbocycles. The molecule has 7 aromatic rings. The largest absolute Gasteiger partial charge is 0.310 e. The fourth-order valence-corrected chi connectivity index (χ4v) is 9.81. The van der Waals surface area contributed by atoms with Gasteiger partial charge in [0.25, 0.3) is 0 Å². The van der Waals surface area contributed by atoms with E-state index in [-0.39, 0.29) is 10.8 Å². The molecule has 4 aliphatic rings. The molecule has 1 nitrogen and oxygen atoms in total. The van der Waals surface area contributed by atoms with Gasteiger partial charge in [0.15, 0.2) is 0 Å². The normalized spacial score (nSPS) is 17.6. The first kappa shape index (κ1) is 30.2. The second-order valence-corrected chi connectivity index (χ2v) is 15.3. The maximum atomic E-state index is 2.43. The Bertz CT molecular complexity index is 2720. The third kappa shape index (κ3) is 4.14. The van der Waals surface area contributed by atoms with Crippen molar-refractivity contribution in [2.24, 2.45) is 0 Å². The SMILES string of the molecule is CC1(C)c2ccccc2-c2ccc(N(c3ccc(-c4ccccc4)cc3)c3ccc(C45C=CC=CC4=C4c6ccccc6-c6cccc5c64)cc3)cc21. The lowest BCUT2D eigenvalue weighted by Crippen LogP contribution is -2.26. The zero-order valence-electron chi connectivity index (χ0n) is 29.8. The minimum atomic E-state index is -0.340. The van der Waals surface area contributed by atoms with Crippen LogP contribution in [0.25, 0.3) is 39.0 Å². The fraction of sp³-hybridized carbons (Fsp3) is 0.0769. The quantitative estimate of drug-likeness (QED) is 0.175. The van der Waals surface area contributed by atoms with E-state index in [1.165, 1.54) is 77.9 Å². The van der Waals surface area contributed by atoms with Crippen molar-refractivity contribution in [3.8, 4) is 33.4 Å². The van der Waals surface area contributed by atoms with Gasteiger partial charge in [0.05, 0.1) is 5.41 Å². The average Bonchev–Trinajstić information content (AvgIpc) is 3.80. The highest BCUT2D eigenvalue weighted by atomic mass is 15.1. The lowest BCUT2D eigenvalue weighted by atomic mass is 9.69. The molecule has 4 aliphatic carbocycles. The molecule has 0 aromatic heterocycles. The molecule has 0 bridgehead atoms. The second-order valence-electron chi connectivity index (χ2n) is 15.3. The van der Waals surface area contributed by atoms with Crippen LogP contribution in [0.5, 0.6) is 0 Å². The summed E-state index contributed by atoms with van der Waals surface area (Å²) in [6, 6.07) is 60.8. The van der Waals surface area contributed by atoms with Crippen molar-refractivity contribution in [3.05, 3.63) is 227 Å². The minimum absolute atomic E-state index is 0.0899. The van der Waals surface area contributed by atoms with Crippen molar-refractivity contribution in [1.82, 2.24) is 0 Å². The van der Waals surface area contributed by atoms with E-state index < -0.39 is 0 Å². The molecule has 0 heterocycles. The van der Waals surface area contributed by atoms with Crippen LogP contribution in [0.15, 0.2) is 194 Å². The summed E-state index contributed by atoms with van der Waals surface area (Å²) in [4.78, 5) is 2.43. The van der Waals surface area contributed by atoms with Crippen LogP contribution >= 0.6 is 0 Å². The molecule has 0 radical (unpaired) electrons. The van der Waals surface area contributed by atoms with Gasteiger partial charge in [-0.15, -0.1) is 0 Å². The monoisotopic (exact) mass is 675 g/mol. The average molecular weight is 676 g/mol. The standard InChI is InChI=1S/C52H37N/c1-51(2)45-19-9-8-16-41(45)42-31-30-39(33-48(42)51)53(37-26-22-35(23-27-37)34-13-4-3-5-14-34)38-28-24-36(25-29-38)52-32-11-10-20-46(52)49-43-17-7-6-15-40(43)44-18-12-21-47(52)50(44)49/h3-33H,1-2H3. The smallest absolute Gasteiger partial charge is 0.0647 e. The van der Waals surface area contributed by atoms with Crippen LogP contribution in [0.4, 0.5) is 17.1 Å². The van der Waals surface area contributed by atoms with Crippen molar-refractivity contribution < 1.29 is 0 Å². The molecule has 0 saturated carbocycles. The number of benzene rings is 7. The summed E-state index contributed by atoms with van der Waals surface area (Å²) in [6.07, 6.45) is 9.20. The van der Waals surface area contributed by atoms with E-state index in [4.69, 9.17) is 0 Å². The molecule has 0 N–H and O–H groups in total. The first-order valence-corrected chi connectivity index (χ1v) is 18.7. The van der Waals surface area contributed by atoms with Crippen LogP contribution in [0, 0.1) is 0 Å². The summed E-state index contributed by atoms with van der Waals surface area (Å²) in [5, 5.41) is 0. The highest BCUT2D eigenvalue weighted by molar-refractivity contribution is 6.08. The van der Waals surface area contributed by atoms with Gasteiger partial charge in [0.2, 0.25) is 0 Å². The van der Waals surface area contributed by atoms with Crippen molar-refractivity contribution >= 4 is 22.6 Å². The number of rotatable bonds is 5. The van der Waals surface area contributed by atoms with E-state index >= 15 is 0 Å². The van der Waals surface area contributed by atoms with E-state index in [9.17, 15) is 0 Å². The van der Waals surface area contributed by atoms with Gasteiger partial charge in [-0.3, -0.25) is 0 Å². The Balaban J connectivity index is 1.06. The highest BCUT2D eigenvalue weighted by Crippen LogP contribution is 2.61. The van der Waals surface area contributed by atoms with Gasteiger partial charge in [-0.2, -0.15) is 0 Å². The van der Waals surface area contributed by atoms with Gasteiger partial charge in [-0.1, -0.05) is 166 Å². The summed E-state index contributed by atoms with van der Waals surface area (Å²) in [5.41, 5.74) is 21.7. The van der Waals surface area contributed by atoms with Crippen molar-refractivity contribution in [2.75, 3.05) is 4.90 Å². The summed E-state index contributed by atoms with van der Waals surface area (Å²) in [6.45, 7) is 4.72. The lowest BCUT2D eigenvalue weighted by Gasteiger charge is -2.34. The molecule has 0 saturated heterocycles. The van der Waals surface area contributed by atoms with Gasteiger partial charge in [0.1, 0.15) is 0 Å². The number of hydrogen-bond donors (Lipinski definition) is 0. The molecule has 11 rings (SSSR count). The zero-order valence-corrected chi connectivity index (χ0v) is 29.8. The van der Waals surface area contributed by atoms with Crippen molar-refractivity contribution in [2.45, 2.75) is 24.7 Å². The fourth-order valence-electron chi connectivity index (χ4n) is 9.81. The maximum Gasteiger partial charge on any atom is 0.0647 e. The van der Waals surface area contributed by atoms with E-state index in [2.05, 4.69) is 207 Å². The Morgan fingerprint density at radius 3 is 1.83 bits per heavy atom. The van der Waals surface area contributed by atoms with E-state index in [1.54, 1.807) is 0 Å².